The highest BCUT2D eigenvalue weighted by atomic mass is 32.2. The summed E-state index contributed by atoms with van der Waals surface area (Å²) in [6.45, 7) is 3.68. The second kappa shape index (κ2) is 9.74. The van der Waals surface area contributed by atoms with Crippen LogP contribution in [-0.4, -0.2) is 25.9 Å². The van der Waals surface area contributed by atoms with E-state index in [1.807, 2.05) is 6.07 Å². The third-order valence-corrected chi connectivity index (χ3v) is 8.30. The van der Waals surface area contributed by atoms with Crippen molar-refractivity contribution in [1.29, 1.82) is 0 Å². The zero-order valence-electron chi connectivity index (χ0n) is 18.5. The molecule has 0 fully saturated rings. The van der Waals surface area contributed by atoms with Crippen LogP contribution >= 0.6 is 11.3 Å². The van der Waals surface area contributed by atoms with E-state index in [0.717, 1.165) is 11.3 Å². The van der Waals surface area contributed by atoms with Gasteiger partial charge < -0.3 is 5.32 Å². The zero-order valence-corrected chi connectivity index (χ0v) is 20.2. The Morgan fingerprint density at radius 3 is 2.32 bits per heavy atom. The summed E-state index contributed by atoms with van der Waals surface area (Å²) in [4.78, 5) is 17.9. The highest BCUT2D eigenvalue weighted by molar-refractivity contribution is 7.93. The summed E-state index contributed by atoms with van der Waals surface area (Å²) in [6, 6.07) is 21.0. The summed E-state index contributed by atoms with van der Waals surface area (Å²) in [5, 5.41) is 3.32. The van der Waals surface area contributed by atoms with Gasteiger partial charge in [-0.1, -0.05) is 30.3 Å². The fraction of sp³-hybridized carbons (Fsp3) is 0.120. The van der Waals surface area contributed by atoms with E-state index in [4.69, 9.17) is 0 Å². The number of sulfonamides is 1. The first kappa shape index (κ1) is 23.6. The van der Waals surface area contributed by atoms with E-state index < -0.39 is 15.9 Å². The number of para-hydroxylation sites is 2. The monoisotopic (exact) mass is 495 g/mol. The Bertz CT molecular complexity index is 1420. The smallest absolute Gasteiger partial charge is 0.267 e. The van der Waals surface area contributed by atoms with E-state index in [1.165, 1.54) is 22.5 Å². The minimum Gasteiger partial charge on any atom is -0.320 e. The van der Waals surface area contributed by atoms with Crippen molar-refractivity contribution in [2.45, 2.75) is 18.7 Å². The summed E-state index contributed by atoms with van der Waals surface area (Å²) < 4.78 is 41.6. The van der Waals surface area contributed by atoms with Crippen molar-refractivity contribution in [3.63, 3.8) is 0 Å². The molecule has 0 unspecified atom stereocenters. The first-order valence-electron chi connectivity index (χ1n) is 10.5. The minimum absolute atomic E-state index is 0.00465. The van der Waals surface area contributed by atoms with E-state index in [2.05, 4.69) is 10.3 Å². The quantitative estimate of drug-likeness (QED) is 0.355. The summed E-state index contributed by atoms with van der Waals surface area (Å²) in [7, 11) is -3.94. The van der Waals surface area contributed by atoms with E-state index >= 15 is 0 Å². The van der Waals surface area contributed by atoms with Crippen LogP contribution in [0.1, 0.15) is 22.3 Å². The molecule has 0 aliphatic carbocycles. The summed E-state index contributed by atoms with van der Waals surface area (Å²) in [5.41, 5.74) is 1.91. The molecule has 0 radical (unpaired) electrons. The molecule has 9 heteroatoms. The normalized spacial score (nSPS) is 11.3. The Kier molecular flexibility index (Phi) is 6.76. The Hall–Kier alpha value is -3.56. The van der Waals surface area contributed by atoms with Gasteiger partial charge in [0.1, 0.15) is 20.6 Å². The largest absolute Gasteiger partial charge is 0.320 e. The van der Waals surface area contributed by atoms with Crippen LogP contribution in [0.4, 0.5) is 15.8 Å². The molecule has 0 aliphatic rings. The van der Waals surface area contributed by atoms with Crippen LogP contribution in [0.2, 0.25) is 0 Å². The third kappa shape index (κ3) is 4.71. The lowest BCUT2D eigenvalue weighted by Crippen LogP contribution is -2.31. The number of aromatic nitrogens is 1. The lowest BCUT2D eigenvalue weighted by Gasteiger charge is -2.24. The number of rotatable bonds is 7. The molecule has 1 heterocycles. The van der Waals surface area contributed by atoms with Crippen molar-refractivity contribution >= 4 is 38.6 Å². The van der Waals surface area contributed by atoms with Gasteiger partial charge in [0.15, 0.2) is 0 Å². The predicted molar refractivity (Wildman–Crippen MR) is 133 cm³/mol. The number of anilines is 2. The Morgan fingerprint density at radius 2 is 1.65 bits per heavy atom. The van der Waals surface area contributed by atoms with E-state index in [9.17, 15) is 17.6 Å². The Morgan fingerprint density at radius 1 is 1.00 bits per heavy atom. The van der Waals surface area contributed by atoms with Crippen LogP contribution in [0, 0.1) is 12.7 Å². The van der Waals surface area contributed by atoms with E-state index in [-0.39, 0.29) is 22.9 Å². The molecule has 1 amide bonds. The standard InChI is InChI=1S/C25H22FN3O3S2/c1-3-29(20-9-5-4-6-10-20)34(31,32)22-12-8-7-11-21(22)28-24(30)23-17(2)27-25(33-23)18-13-15-19(26)16-14-18/h4-16H,3H2,1-2H3,(H,28,30). The number of hydrogen-bond donors (Lipinski definition) is 1. The second-order valence-electron chi connectivity index (χ2n) is 7.40. The number of nitrogens with zero attached hydrogens (tertiary/aromatic N) is 2. The maximum Gasteiger partial charge on any atom is 0.267 e. The topological polar surface area (TPSA) is 79.4 Å². The summed E-state index contributed by atoms with van der Waals surface area (Å²) in [6.07, 6.45) is 0. The number of amides is 1. The number of nitrogens with one attached hydrogen (secondary N) is 1. The molecule has 3 aromatic carbocycles. The molecule has 0 bridgehead atoms. The third-order valence-electron chi connectivity index (χ3n) is 5.13. The Labute approximate surface area is 201 Å². The zero-order chi connectivity index (χ0) is 24.3. The van der Waals surface area contributed by atoms with Gasteiger partial charge in [-0.2, -0.15) is 0 Å². The number of carbonyl (C=O) groups excluding carboxylic acids is 1. The van der Waals surface area contributed by atoms with Crippen LogP contribution in [-0.2, 0) is 10.0 Å². The van der Waals surface area contributed by atoms with Gasteiger partial charge >= 0.3 is 0 Å². The molecule has 0 atom stereocenters. The molecular formula is C25H22FN3O3S2. The molecule has 174 valence electrons. The molecule has 1 aromatic heterocycles. The van der Waals surface area contributed by atoms with Crippen molar-refractivity contribution in [2.24, 2.45) is 0 Å². The van der Waals surface area contributed by atoms with Crippen molar-refractivity contribution in [2.75, 3.05) is 16.2 Å². The summed E-state index contributed by atoms with van der Waals surface area (Å²) in [5.74, 6) is -0.821. The van der Waals surface area contributed by atoms with Crippen molar-refractivity contribution < 1.29 is 17.6 Å². The molecule has 1 N–H and O–H groups in total. The fourth-order valence-electron chi connectivity index (χ4n) is 3.50. The van der Waals surface area contributed by atoms with Crippen LogP contribution in [0.15, 0.2) is 83.8 Å². The maximum absolute atomic E-state index is 13.5. The van der Waals surface area contributed by atoms with Crippen molar-refractivity contribution in [3.8, 4) is 10.6 Å². The van der Waals surface area contributed by atoms with Gasteiger partial charge in [-0.15, -0.1) is 11.3 Å². The van der Waals surface area contributed by atoms with Gasteiger partial charge in [-0.05, 0) is 62.4 Å². The van der Waals surface area contributed by atoms with Gasteiger partial charge in [0.2, 0.25) is 0 Å². The van der Waals surface area contributed by atoms with Gasteiger partial charge in [0.05, 0.1) is 17.1 Å². The number of halogens is 1. The molecule has 0 saturated heterocycles. The summed E-state index contributed by atoms with van der Waals surface area (Å²) >= 11 is 1.16. The second-order valence-corrected chi connectivity index (χ2v) is 10.2. The highest BCUT2D eigenvalue weighted by Crippen LogP contribution is 2.31. The molecule has 4 rings (SSSR count). The molecule has 34 heavy (non-hydrogen) atoms. The average Bonchev–Trinajstić information content (AvgIpc) is 3.22. The molecule has 4 aromatic rings. The number of hydrogen-bond acceptors (Lipinski definition) is 5. The number of aryl methyl sites for hydroxylation is 1. The first-order chi connectivity index (χ1) is 16.3. The average molecular weight is 496 g/mol. The first-order valence-corrected chi connectivity index (χ1v) is 12.8. The van der Waals surface area contributed by atoms with E-state index in [0.29, 0.717) is 26.8 Å². The van der Waals surface area contributed by atoms with Gasteiger partial charge in [-0.25, -0.2) is 17.8 Å². The van der Waals surface area contributed by atoms with E-state index in [1.54, 1.807) is 68.4 Å². The van der Waals surface area contributed by atoms with Gasteiger partial charge in [0, 0.05) is 12.1 Å². The molecule has 6 nitrogen and oxygen atoms in total. The van der Waals surface area contributed by atoms with Crippen LogP contribution in [0.3, 0.4) is 0 Å². The number of carbonyl (C=O) groups is 1. The fourth-order valence-corrected chi connectivity index (χ4v) is 6.09. The molecule has 0 spiro atoms. The SMILES string of the molecule is CCN(c1ccccc1)S(=O)(=O)c1ccccc1NC(=O)c1sc(-c2ccc(F)cc2)nc1C. The lowest BCUT2D eigenvalue weighted by atomic mass is 10.2. The number of benzene rings is 3. The van der Waals surface area contributed by atoms with Crippen molar-refractivity contribution in [3.05, 3.63) is 95.3 Å². The predicted octanol–water partition coefficient (Wildman–Crippen LogP) is 5.73. The van der Waals surface area contributed by atoms with Crippen LogP contribution < -0.4 is 9.62 Å². The maximum atomic E-state index is 13.5. The minimum atomic E-state index is -3.94. The number of thiazole rings is 1. The molecule has 0 saturated carbocycles. The van der Waals surface area contributed by atoms with Gasteiger partial charge in [-0.3, -0.25) is 9.10 Å². The lowest BCUT2D eigenvalue weighted by molar-refractivity contribution is 0.102. The molecular weight excluding hydrogens is 473 g/mol. The van der Waals surface area contributed by atoms with Crippen LogP contribution in [0.5, 0.6) is 0 Å². The highest BCUT2D eigenvalue weighted by Gasteiger charge is 2.27. The molecule has 0 aliphatic heterocycles. The van der Waals surface area contributed by atoms with Gasteiger partial charge in [0.25, 0.3) is 15.9 Å². The Balaban J connectivity index is 1.65. The van der Waals surface area contributed by atoms with Crippen LogP contribution in [0.25, 0.3) is 10.6 Å². The van der Waals surface area contributed by atoms with Crippen molar-refractivity contribution in [1.82, 2.24) is 4.98 Å².